The highest BCUT2D eigenvalue weighted by Gasteiger charge is 2.25. The van der Waals surface area contributed by atoms with Crippen molar-refractivity contribution in [3.05, 3.63) is 60.7 Å². The molecule has 31 heavy (non-hydrogen) atoms. The van der Waals surface area contributed by atoms with Gasteiger partial charge >= 0.3 is 13.4 Å². The van der Waals surface area contributed by atoms with Crippen LogP contribution in [-0.2, 0) is 0 Å². The Bertz CT molecular complexity index is 645. The summed E-state index contributed by atoms with van der Waals surface area (Å²) < 4.78 is 75.3. The van der Waals surface area contributed by atoms with Crippen molar-refractivity contribution in [2.24, 2.45) is 0 Å². The largest absolute Gasteiger partial charge is 0.673 e. The zero-order valence-corrected chi connectivity index (χ0v) is 18.4. The lowest BCUT2D eigenvalue weighted by Gasteiger charge is -2.10. The van der Waals surface area contributed by atoms with Crippen LogP contribution in [0.5, 0.6) is 0 Å². The normalized spacial score (nSPS) is 11.9. The lowest BCUT2D eigenvalue weighted by molar-refractivity contribution is -0.135. The maximum atomic E-state index is 12.1. The summed E-state index contributed by atoms with van der Waals surface area (Å²) in [6.07, 6.45) is 3.04. The molecule has 0 heterocycles. The Kier molecular flexibility index (Phi) is 12.8. The van der Waals surface area contributed by atoms with Crippen LogP contribution in [-0.4, -0.2) is 19.6 Å². The van der Waals surface area contributed by atoms with E-state index in [9.17, 15) is 30.4 Å². The summed E-state index contributed by atoms with van der Waals surface area (Å²) in [4.78, 5) is 0. The minimum absolute atomic E-state index is 0.276. The van der Waals surface area contributed by atoms with Crippen molar-refractivity contribution >= 4 is 25.8 Å². The highest BCUT2D eigenvalue weighted by atomic mass is 31.1. The van der Waals surface area contributed by atoms with Crippen LogP contribution >= 0.6 is 7.92 Å². The van der Waals surface area contributed by atoms with Gasteiger partial charge in [0.2, 0.25) is 0 Å². The molecule has 0 aliphatic carbocycles. The quantitative estimate of drug-likeness (QED) is 0.136. The Morgan fingerprint density at radius 1 is 0.581 bits per heavy atom. The van der Waals surface area contributed by atoms with Gasteiger partial charge in [0.05, 0.1) is 24.7 Å². The van der Waals surface area contributed by atoms with E-state index in [1.807, 2.05) is 0 Å². The lowest BCUT2D eigenvalue weighted by Crippen LogP contribution is -2.13. The summed E-state index contributed by atoms with van der Waals surface area (Å²) in [5, 5.41) is 2.91. The summed E-state index contributed by atoms with van der Waals surface area (Å²) >= 11 is 0. The predicted molar refractivity (Wildman–Crippen MR) is 119 cm³/mol. The van der Waals surface area contributed by atoms with Gasteiger partial charge in [-0.2, -0.15) is 13.2 Å². The Hall–Kier alpha value is -1.56. The smallest absolute Gasteiger partial charge is 0.418 e. The number of halogens is 7. The van der Waals surface area contributed by atoms with Crippen molar-refractivity contribution in [1.82, 2.24) is 0 Å². The maximum absolute atomic E-state index is 12.1. The van der Waals surface area contributed by atoms with Crippen LogP contribution in [0.25, 0.3) is 0 Å². The summed E-state index contributed by atoms with van der Waals surface area (Å²) in [6, 6.07) is 21.5. The Morgan fingerprint density at radius 2 is 0.935 bits per heavy atom. The number of hydrogen-bond donors (Lipinski definition) is 0. The van der Waals surface area contributed by atoms with E-state index >= 15 is 0 Å². The van der Waals surface area contributed by atoms with Crippen LogP contribution < -0.4 is 10.6 Å². The van der Waals surface area contributed by atoms with Gasteiger partial charge in [0.25, 0.3) is 0 Å². The van der Waals surface area contributed by atoms with E-state index in [2.05, 4.69) is 60.7 Å². The molecule has 0 saturated carbocycles. The van der Waals surface area contributed by atoms with Crippen LogP contribution in [0.15, 0.2) is 60.7 Å². The molecule has 0 amide bonds. The average molecular weight is 468 g/mol. The topological polar surface area (TPSA) is 0 Å². The van der Waals surface area contributed by atoms with E-state index in [0.29, 0.717) is 6.42 Å². The summed E-state index contributed by atoms with van der Waals surface area (Å²) in [5.74, 6) is 0. The molecular weight excluding hydrogens is 439 g/mol. The highest BCUT2D eigenvalue weighted by Crippen LogP contribution is 2.34. The van der Waals surface area contributed by atoms with Crippen LogP contribution in [0.4, 0.5) is 30.4 Å². The third-order valence-electron chi connectivity index (χ3n) is 4.63. The molecular formula is C22H29BF7P. The molecule has 0 bridgehead atoms. The number of benzene rings is 2. The van der Waals surface area contributed by atoms with Crippen molar-refractivity contribution in [3.63, 3.8) is 0 Å². The van der Waals surface area contributed by atoms with Gasteiger partial charge in [-0.15, -0.1) is 0 Å². The summed E-state index contributed by atoms with van der Waals surface area (Å²) in [7, 11) is -6.74. The molecule has 0 nitrogen and oxygen atoms in total. The molecule has 0 aliphatic heterocycles. The van der Waals surface area contributed by atoms with E-state index in [1.165, 1.54) is 29.6 Å². The maximum Gasteiger partial charge on any atom is 0.673 e. The van der Waals surface area contributed by atoms with E-state index in [0.717, 1.165) is 19.3 Å². The van der Waals surface area contributed by atoms with Gasteiger partial charge < -0.3 is 17.3 Å². The van der Waals surface area contributed by atoms with Gasteiger partial charge in [-0.1, -0.05) is 62.1 Å². The minimum atomic E-state index is -6.00. The molecule has 174 valence electrons. The Balaban J connectivity index is 0.000000861. The SMILES string of the molecule is FC(F)(F)CCCCCCCCC[PH+](c1ccccc1)c1ccccc1.F[B-](F)(F)F. The first-order valence-corrected chi connectivity index (χ1v) is 12.2. The van der Waals surface area contributed by atoms with Gasteiger partial charge in [0.1, 0.15) is 0 Å². The molecule has 0 fully saturated rings. The number of rotatable bonds is 11. The molecule has 2 aromatic rings. The summed E-state index contributed by atoms with van der Waals surface area (Å²) in [5.41, 5.74) is 0. The number of hydrogen-bond acceptors (Lipinski definition) is 0. The molecule has 2 rings (SSSR count). The van der Waals surface area contributed by atoms with E-state index in [4.69, 9.17) is 0 Å². The van der Waals surface area contributed by atoms with E-state index < -0.39 is 27.8 Å². The Labute approximate surface area is 181 Å². The lowest BCUT2D eigenvalue weighted by atomic mass is 10.1. The Morgan fingerprint density at radius 3 is 1.32 bits per heavy atom. The third kappa shape index (κ3) is 15.8. The molecule has 0 saturated heterocycles. The van der Waals surface area contributed by atoms with Gasteiger partial charge in [0, 0.05) is 6.42 Å². The molecule has 0 aliphatic rings. The van der Waals surface area contributed by atoms with Gasteiger partial charge in [-0.25, -0.2) is 0 Å². The third-order valence-corrected chi connectivity index (χ3v) is 7.55. The van der Waals surface area contributed by atoms with E-state index in [-0.39, 0.29) is 6.42 Å². The number of alkyl halides is 3. The van der Waals surface area contributed by atoms with Crippen LogP contribution in [0.2, 0.25) is 0 Å². The molecule has 0 atom stereocenters. The fourth-order valence-corrected chi connectivity index (χ4v) is 5.95. The second-order valence-corrected chi connectivity index (χ2v) is 9.91. The standard InChI is InChI=1S/C22H28F3P.BF4/c23-22(24,25)18-12-4-2-1-3-5-13-19-26(20-14-8-6-9-15-20)21-16-10-7-11-17-21;2-1(3,4)5/h6-11,14-17H,1-5,12-13,18-19H2;/q;-1/p+1. The molecule has 0 N–H and O–H groups in total. The van der Waals surface area contributed by atoms with E-state index in [1.54, 1.807) is 0 Å². The van der Waals surface area contributed by atoms with Crippen molar-refractivity contribution in [2.75, 3.05) is 6.16 Å². The molecule has 2 aromatic carbocycles. The predicted octanol–water partition coefficient (Wildman–Crippen LogP) is 7.83. The van der Waals surface area contributed by atoms with Crippen LogP contribution in [0.3, 0.4) is 0 Å². The zero-order chi connectivity index (χ0) is 23.2. The van der Waals surface area contributed by atoms with Crippen LogP contribution in [0, 0.1) is 0 Å². The highest BCUT2D eigenvalue weighted by molar-refractivity contribution is 7.73. The van der Waals surface area contributed by atoms with Gasteiger partial charge in [-0.05, 0) is 43.5 Å². The zero-order valence-electron chi connectivity index (χ0n) is 17.4. The van der Waals surface area contributed by atoms with Gasteiger partial charge in [-0.3, -0.25) is 0 Å². The molecule has 0 aromatic heterocycles. The second kappa shape index (κ2) is 14.5. The second-order valence-electron chi connectivity index (χ2n) is 7.30. The van der Waals surface area contributed by atoms with Crippen LogP contribution in [0.1, 0.15) is 51.4 Å². The minimum Gasteiger partial charge on any atom is -0.418 e. The molecule has 0 radical (unpaired) electrons. The average Bonchev–Trinajstić information content (AvgIpc) is 2.69. The molecule has 9 heteroatoms. The monoisotopic (exact) mass is 468 g/mol. The molecule has 0 unspecified atom stereocenters. The summed E-state index contributed by atoms with van der Waals surface area (Å²) in [6.45, 7) is 0. The van der Waals surface area contributed by atoms with Crippen molar-refractivity contribution in [1.29, 1.82) is 0 Å². The fourth-order valence-electron chi connectivity index (χ4n) is 3.25. The van der Waals surface area contributed by atoms with Crippen molar-refractivity contribution < 1.29 is 30.4 Å². The first-order valence-electron chi connectivity index (χ1n) is 10.5. The first kappa shape index (κ1) is 27.5. The first-order chi connectivity index (χ1) is 14.6. The van der Waals surface area contributed by atoms with Gasteiger partial charge in [0.15, 0.2) is 0 Å². The number of unbranched alkanes of at least 4 members (excludes halogenated alkanes) is 6. The fraction of sp³-hybridized carbons (Fsp3) is 0.455. The van der Waals surface area contributed by atoms with Crippen molar-refractivity contribution in [3.8, 4) is 0 Å². The van der Waals surface area contributed by atoms with Crippen molar-refractivity contribution in [2.45, 2.75) is 57.5 Å². The molecule has 0 spiro atoms.